The Balaban J connectivity index is 2.18. The van der Waals surface area contributed by atoms with Crippen molar-refractivity contribution in [2.45, 2.75) is 11.4 Å². The molecule has 0 aliphatic carbocycles. The van der Waals surface area contributed by atoms with E-state index in [1.54, 1.807) is 0 Å². The highest BCUT2D eigenvalue weighted by atomic mass is 32.2. The number of rotatable bonds is 4. The normalized spacial score (nSPS) is 11.0. The third kappa shape index (κ3) is 3.85. The number of nitrogens with zero attached hydrogens (tertiary/aromatic N) is 2. The summed E-state index contributed by atoms with van der Waals surface area (Å²) in [6.45, 7) is -0.585. The lowest BCUT2D eigenvalue weighted by Crippen LogP contribution is -2.24. The molecule has 0 aliphatic rings. The monoisotopic (exact) mass is 311 g/mol. The molecule has 0 bridgehead atoms. The van der Waals surface area contributed by atoms with Crippen LogP contribution < -0.4 is 4.72 Å². The van der Waals surface area contributed by atoms with Gasteiger partial charge in [0, 0.05) is 0 Å². The zero-order chi connectivity index (χ0) is 15.3. The molecule has 2 aromatic rings. The van der Waals surface area contributed by atoms with Gasteiger partial charge in [0.15, 0.2) is 5.82 Å². The Bertz CT molecular complexity index is 779. The van der Waals surface area contributed by atoms with E-state index in [-0.39, 0.29) is 22.8 Å². The van der Waals surface area contributed by atoms with Gasteiger partial charge in [-0.15, -0.1) is 0 Å². The van der Waals surface area contributed by atoms with Gasteiger partial charge in [-0.2, -0.15) is 4.98 Å². The van der Waals surface area contributed by atoms with Gasteiger partial charge < -0.3 is 9.63 Å². The lowest BCUT2D eigenvalue weighted by Gasteiger charge is -2.05. The van der Waals surface area contributed by atoms with E-state index in [4.69, 9.17) is 5.11 Å². The van der Waals surface area contributed by atoms with Crippen LogP contribution in [-0.4, -0.2) is 30.3 Å². The third-order valence-electron chi connectivity index (χ3n) is 2.38. The van der Waals surface area contributed by atoms with Crippen molar-refractivity contribution in [2.75, 3.05) is 6.61 Å². The first-order chi connectivity index (χ1) is 10.0. The fourth-order valence-electron chi connectivity index (χ4n) is 1.41. The summed E-state index contributed by atoms with van der Waals surface area (Å²) >= 11 is 0. The van der Waals surface area contributed by atoms with E-state index in [1.165, 1.54) is 12.1 Å². The Hall–Kier alpha value is -2.28. The molecule has 1 aromatic carbocycles. The fraction of sp³-hybridized carbons (Fsp3) is 0.167. The van der Waals surface area contributed by atoms with Crippen LogP contribution in [0.3, 0.4) is 0 Å². The van der Waals surface area contributed by atoms with Crippen LogP contribution in [0.15, 0.2) is 34.0 Å². The minimum Gasteiger partial charge on any atom is -0.384 e. The molecule has 110 valence electrons. The Morgan fingerprint density at radius 2 is 2.24 bits per heavy atom. The molecular formula is C12H10FN3O4S. The molecule has 2 N–H and O–H groups in total. The van der Waals surface area contributed by atoms with Gasteiger partial charge >= 0.3 is 0 Å². The predicted octanol–water partition coefficient (Wildman–Crippen LogP) is 0.0310. The molecule has 1 aromatic heterocycles. The van der Waals surface area contributed by atoms with Crippen molar-refractivity contribution in [3.05, 3.63) is 41.8 Å². The summed E-state index contributed by atoms with van der Waals surface area (Å²) in [6.07, 6.45) is 1.07. The van der Waals surface area contributed by atoms with Crippen LogP contribution in [0.5, 0.6) is 0 Å². The number of sulfonamides is 1. The van der Waals surface area contributed by atoms with Gasteiger partial charge in [-0.25, -0.2) is 17.5 Å². The zero-order valence-electron chi connectivity index (χ0n) is 10.6. The van der Waals surface area contributed by atoms with Gasteiger partial charge in [-0.05, 0) is 18.2 Å². The van der Waals surface area contributed by atoms with Crippen molar-refractivity contribution < 1.29 is 22.4 Å². The molecule has 0 fully saturated rings. The molecule has 9 heteroatoms. The zero-order valence-corrected chi connectivity index (χ0v) is 11.4. The van der Waals surface area contributed by atoms with Crippen molar-refractivity contribution in [1.82, 2.24) is 14.9 Å². The van der Waals surface area contributed by atoms with Crippen LogP contribution in [0, 0.1) is 17.7 Å². The minimum atomic E-state index is -3.91. The van der Waals surface area contributed by atoms with Crippen LogP contribution in [-0.2, 0) is 16.6 Å². The standard InChI is InChI=1S/C12H10FN3O4S/c13-11-6-10(4-3-9(11)2-1-5-17)21(18,19)15-7-12-14-8-20-16-12/h3-4,6,8,15,17H,5,7H2. The number of nitrogens with one attached hydrogen (secondary N) is 1. The van der Waals surface area contributed by atoms with Crippen LogP contribution in [0.2, 0.25) is 0 Å². The molecule has 0 saturated carbocycles. The van der Waals surface area contributed by atoms with E-state index < -0.39 is 22.4 Å². The Labute approximate surface area is 119 Å². The summed E-state index contributed by atoms with van der Waals surface area (Å²) in [4.78, 5) is 3.41. The topological polar surface area (TPSA) is 105 Å². The maximum absolute atomic E-state index is 13.7. The van der Waals surface area contributed by atoms with Crippen LogP contribution in [0.25, 0.3) is 0 Å². The molecule has 0 aliphatic heterocycles. The lowest BCUT2D eigenvalue weighted by atomic mass is 10.2. The molecule has 0 radical (unpaired) electrons. The van der Waals surface area contributed by atoms with Gasteiger partial charge in [-0.3, -0.25) is 0 Å². The van der Waals surface area contributed by atoms with Crippen molar-refractivity contribution >= 4 is 10.0 Å². The summed E-state index contributed by atoms with van der Waals surface area (Å²) < 4.78 is 44.3. The first-order valence-corrected chi connectivity index (χ1v) is 7.15. The molecule has 7 nitrogen and oxygen atoms in total. The number of aliphatic hydroxyl groups is 1. The van der Waals surface area contributed by atoms with E-state index >= 15 is 0 Å². The average Bonchev–Trinajstić information content (AvgIpc) is 2.97. The van der Waals surface area contributed by atoms with E-state index in [1.807, 2.05) is 0 Å². The average molecular weight is 311 g/mol. The third-order valence-corrected chi connectivity index (χ3v) is 3.78. The smallest absolute Gasteiger partial charge is 0.241 e. The van der Waals surface area contributed by atoms with E-state index in [2.05, 4.69) is 31.2 Å². The number of aliphatic hydroxyl groups excluding tert-OH is 1. The molecule has 0 atom stereocenters. The van der Waals surface area contributed by atoms with Crippen molar-refractivity contribution in [1.29, 1.82) is 0 Å². The number of halogens is 1. The summed E-state index contributed by atoms with van der Waals surface area (Å²) in [5.74, 6) is 4.02. The van der Waals surface area contributed by atoms with Crippen molar-refractivity contribution in [3.63, 3.8) is 0 Å². The summed E-state index contributed by atoms with van der Waals surface area (Å²) in [5.41, 5.74) is 0.00108. The summed E-state index contributed by atoms with van der Waals surface area (Å²) in [6, 6.07) is 3.28. The van der Waals surface area contributed by atoms with Gasteiger partial charge in [0.2, 0.25) is 16.4 Å². The molecule has 1 heterocycles. The molecule has 0 spiro atoms. The Morgan fingerprint density at radius 1 is 1.43 bits per heavy atom. The van der Waals surface area contributed by atoms with Crippen LogP contribution in [0.1, 0.15) is 11.4 Å². The van der Waals surface area contributed by atoms with E-state index in [0.717, 1.165) is 12.5 Å². The second kappa shape index (κ2) is 6.45. The Morgan fingerprint density at radius 3 is 2.86 bits per heavy atom. The van der Waals surface area contributed by atoms with Crippen LogP contribution >= 0.6 is 0 Å². The molecule has 0 amide bonds. The van der Waals surface area contributed by atoms with Gasteiger partial charge in [-0.1, -0.05) is 17.0 Å². The first-order valence-electron chi connectivity index (χ1n) is 5.67. The number of hydrogen-bond acceptors (Lipinski definition) is 6. The molecule has 0 unspecified atom stereocenters. The van der Waals surface area contributed by atoms with Crippen molar-refractivity contribution in [2.24, 2.45) is 0 Å². The highest BCUT2D eigenvalue weighted by Gasteiger charge is 2.16. The lowest BCUT2D eigenvalue weighted by molar-refractivity contribution is 0.350. The van der Waals surface area contributed by atoms with Gasteiger partial charge in [0.25, 0.3) is 0 Å². The highest BCUT2D eigenvalue weighted by Crippen LogP contribution is 2.14. The second-order valence-corrected chi connectivity index (χ2v) is 5.54. The number of aromatic nitrogens is 2. The van der Waals surface area contributed by atoms with Gasteiger partial charge in [0.1, 0.15) is 12.4 Å². The Kier molecular flexibility index (Phi) is 4.64. The SMILES string of the molecule is O=S(=O)(NCc1ncon1)c1ccc(C#CCO)c(F)c1. The molecule has 0 saturated heterocycles. The quantitative estimate of drug-likeness (QED) is 0.772. The maximum atomic E-state index is 13.7. The first kappa shape index (κ1) is 15.1. The fourth-order valence-corrected chi connectivity index (χ4v) is 2.40. The van der Waals surface area contributed by atoms with E-state index in [0.29, 0.717) is 0 Å². The summed E-state index contributed by atoms with van der Waals surface area (Å²) in [7, 11) is -3.91. The van der Waals surface area contributed by atoms with E-state index in [9.17, 15) is 12.8 Å². The summed E-state index contributed by atoms with van der Waals surface area (Å²) in [5, 5.41) is 12.0. The molecule has 2 rings (SSSR count). The highest BCUT2D eigenvalue weighted by molar-refractivity contribution is 7.89. The maximum Gasteiger partial charge on any atom is 0.241 e. The predicted molar refractivity (Wildman–Crippen MR) is 68.7 cm³/mol. The molecule has 21 heavy (non-hydrogen) atoms. The largest absolute Gasteiger partial charge is 0.384 e. The van der Waals surface area contributed by atoms with Crippen molar-refractivity contribution in [3.8, 4) is 11.8 Å². The second-order valence-electron chi connectivity index (χ2n) is 3.77. The number of benzene rings is 1. The minimum absolute atomic E-state index is 0.00108. The molecular weight excluding hydrogens is 301 g/mol. The van der Waals surface area contributed by atoms with Crippen LogP contribution in [0.4, 0.5) is 4.39 Å². The number of hydrogen-bond donors (Lipinski definition) is 2. The van der Waals surface area contributed by atoms with Gasteiger partial charge in [0.05, 0.1) is 17.0 Å².